The second kappa shape index (κ2) is 7.42. The molecule has 0 aliphatic carbocycles. The molecule has 2 aliphatic heterocycles. The standard InChI is InChI=1S/C22H26N2O/c1-23-13-12-18(14-23)17-25-21-15-24(16-21)22(19-8-4-2-5-9-19)20-10-6-3-7-11-20/h2-13,18,21-22H,14-17H2,1H3. The van der Waals surface area contributed by atoms with Crippen molar-refractivity contribution in [2.24, 2.45) is 5.92 Å². The smallest absolute Gasteiger partial charge is 0.0829 e. The van der Waals surface area contributed by atoms with Gasteiger partial charge in [0.2, 0.25) is 0 Å². The van der Waals surface area contributed by atoms with Crippen LogP contribution in [-0.2, 0) is 4.74 Å². The van der Waals surface area contributed by atoms with Crippen LogP contribution in [0.1, 0.15) is 17.2 Å². The van der Waals surface area contributed by atoms with E-state index in [0.717, 1.165) is 26.2 Å². The van der Waals surface area contributed by atoms with Crippen LogP contribution in [-0.4, -0.2) is 49.2 Å². The maximum atomic E-state index is 6.14. The van der Waals surface area contributed by atoms with Gasteiger partial charge in [-0.25, -0.2) is 0 Å². The number of likely N-dealkylation sites (tertiary alicyclic amines) is 1. The molecule has 0 amide bonds. The molecule has 0 aromatic heterocycles. The molecular formula is C22H26N2O. The molecule has 0 bridgehead atoms. The minimum absolute atomic E-state index is 0.319. The minimum Gasteiger partial charge on any atom is -0.380 e. The molecule has 3 heteroatoms. The van der Waals surface area contributed by atoms with Crippen LogP contribution in [0.2, 0.25) is 0 Å². The lowest BCUT2D eigenvalue weighted by atomic mass is 9.94. The number of ether oxygens (including phenoxy) is 1. The van der Waals surface area contributed by atoms with Crippen LogP contribution in [0.3, 0.4) is 0 Å². The number of benzene rings is 2. The molecule has 0 spiro atoms. The van der Waals surface area contributed by atoms with Crippen LogP contribution >= 0.6 is 0 Å². The van der Waals surface area contributed by atoms with Gasteiger partial charge in [-0.1, -0.05) is 66.7 Å². The van der Waals surface area contributed by atoms with E-state index in [9.17, 15) is 0 Å². The summed E-state index contributed by atoms with van der Waals surface area (Å²) in [6.45, 7) is 3.91. The third-order valence-electron chi connectivity index (χ3n) is 5.15. The molecule has 25 heavy (non-hydrogen) atoms. The number of hydrogen-bond donors (Lipinski definition) is 0. The maximum absolute atomic E-state index is 6.14. The Hall–Kier alpha value is -2.10. The van der Waals surface area contributed by atoms with Crippen molar-refractivity contribution in [3.63, 3.8) is 0 Å². The van der Waals surface area contributed by atoms with Crippen molar-refractivity contribution >= 4 is 0 Å². The van der Waals surface area contributed by atoms with E-state index < -0.39 is 0 Å². The average Bonchev–Trinajstić information content (AvgIpc) is 3.03. The monoisotopic (exact) mass is 334 g/mol. The topological polar surface area (TPSA) is 15.7 Å². The minimum atomic E-state index is 0.319. The molecule has 0 radical (unpaired) electrons. The van der Waals surface area contributed by atoms with Crippen molar-refractivity contribution in [3.8, 4) is 0 Å². The molecule has 1 fully saturated rings. The largest absolute Gasteiger partial charge is 0.380 e. The van der Waals surface area contributed by atoms with Crippen molar-refractivity contribution in [2.75, 3.05) is 33.3 Å². The predicted molar refractivity (Wildman–Crippen MR) is 101 cm³/mol. The van der Waals surface area contributed by atoms with Gasteiger partial charge in [-0.3, -0.25) is 4.90 Å². The van der Waals surface area contributed by atoms with Gasteiger partial charge in [0.15, 0.2) is 0 Å². The first-order valence-electron chi connectivity index (χ1n) is 9.14. The highest BCUT2D eigenvalue weighted by Crippen LogP contribution is 2.33. The van der Waals surface area contributed by atoms with Crippen molar-refractivity contribution in [1.29, 1.82) is 0 Å². The lowest BCUT2D eigenvalue weighted by molar-refractivity contribution is -0.0730. The van der Waals surface area contributed by atoms with E-state index in [0.29, 0.717) is 18.1 Å². The van der Waals surface area contributed by atoms with Gasteiger partial charge in [0, 0.05) is 32.6 Å². The summed E-state index contributed by atoms with van der Waals surface area (Å²) < 4.78 is 6.14. The zero-order valence-electron chi connectivity index (χ0n) is 14.8. The second-order valence-corrected chi connectivity index (χ2v) is 7.17. The molecule has 130 valence electrons. The highest BCUT2D eigenvalue weighted by atomic mass is 16.5. The Morgan fingerprint density at radius 1 is 0.920 bits per heavy atom. The summed E-state index contributed by atoms with van der Waals surface area (Å²) in [4.78, 5) is 4.74. The Kier molecular flexibility index (Phi) is 4.86. The molecule has 1 unspecified atom stereocenters. The van der Waals surface area contributed by atoms with Crippen LogP contribution in [0.5, 0.6) is 0 Å². The van der Waals surface area contributed by atoms with Crippen LogP contribution < -0.4 is 0 Å². The second-order valence-electron chi connectivity index (χ2n) is 7.17. The van der Waals surface area contributed by atoms with E-state index in [4.69, 9.17) is 4.74 Å². The summed E-state index contributed by atoms with van der Waals surface area (Å²) in [6.07, 6.45) is 4.77. The number of rotatable bonds is 6. The van der Waals surface area contributed by atoms with Gasteiger partial charge in [0.05, 0.1) is 18.8 Å². The molecular weight excluding hydrogens is 308 g/mol. The number of hydrogen-bond acceptors (Lipinski definition) is 3. The molecule has 2 aromatic rings. The quantitative estimate of drug-likeness (QED) is 0.803. The van der Waals surface area contributed by atoms with Crippen LogP contribution in [0, 0.1) is 5.92 Å². The molecule has 3 nitrogen and oxygen atoms in total. The molecule has 0 N–H and O–H groups in total. The summed E-state index contributed by atoms with van der Waals surface area (Å²) in [5.41, 5.74) is 2.71. The zero-order valence-corrected chi connectivity index (χ0v) is 14.8. The van der Waals surface area contributed by atoms with Crippen LogP contribution in [0.25, 0.3) is 0 Å². The Morgan fingerprint density at radius 2 is 1.52 bits per heavy atom. The number of nitrogens with zero attached hydrogens (tertiary/aromatic N) is 2. The van der Waals surface area contributed by atoms with Gasteiger partial charge in [0.1, 0.15) is 0 Å². The normalized spacial score (nSPS) is 21.0. The fourth-order valence-electron chi connectivity index (χ4n) is 3.80. The molecule has 2 aliphatic rings. The summed E-state index contributed by atoms with van der Waals surface area (Å²) in [6, 6.07) is 21.9. The Morgan fingerprint density at radius 3 is 2.04 bits per heavy atom. The Balaban J connectivity index is 1.38. The predicted octanol–water partition coefficient (Wildman–Crippen LogP) is 3.55. The Bertz CT molecular complexity index is 655. The van der Waals surface area contributed by atoms with Gasteiger partial charge in [-0.2, -0.15) is 0 Å². The molecule has 0 saturated carbocycles. The lowest BCUT2D eigenvalue weighted by Gasteiger charge is -2.44. The van der Waals surface area contributed by atoms with E-state index in [1.807, 2.05) is 0 Å². The fraction of sp³-hybridized carbons (Fsp3) is 0.364. The van der Waals surface area contributed by atoms with Gasteiger partial charge in [0.25, 0.3) is 0 Å². The van der Waals surface area contributed by atoms with E-state index in [1.54, 1.807) is 0 Å². The zero-order chi connectivity index (χ0) is 17.1. The summed E-state index contributed by atoms with van der Waals surface area (Å²) >= 11 is 0. The SMILES string of the molecule is CN1C=CC(COC2CN(C(c3ccccc3)c3ccccc3)C2)C1. The molecule has 4 rings (SSSR count). The Labute approximate surface area is 150 Å². The first-order valence-corrected chi connectivity index (χ1v) is 9.14. The maximum Gasteiger partial charge on any atom is 0.0829 e. The highest BCUT2D eigenvalue weighted by molar-refractivity contribution is 5.32. The van der Waals surface area contributed by atoms with E-state index >= 15 is 0 Å². The van der Waals surface area contributed by atoms with Crippen molar-refractivity contribution in [1.82, 2.24) is 9.80 Å². The van der Waals surface area contributed by atoms with E-state index in [2.05, 4.69) is 89.8 Å². The third kappa shape index (κ3) is 3.78. The molecule has 2 aromatic carbocycles. The van der Waals surface area contributed by atoms with Crippen LogP contribution in [0.15, 0.2) is 72.9 Å². The first-order chi connectivity index (χ1) is 12.3. The molecule has 1 saturated heterocycles. The highest BCUT2D eigenvalue weighted by Gasteiger charge is 2.35. The van der Waals surface area contributed by atoms with Crippen molar-refractivity contribution in [3.05, 3.63) is 84.1 Å². The average molecular weight is 334 g/mol. The summed E-state index contributed by atoms with van der Waals surface area (Å²) in [5.74, 6) is 0.540. The first kappa shape index (κ1) is 16.4. The van der Waals surface area contributed by atoms with E-state index in [1.165, 1.54) is 11.1 Å². The van der Waals surface area contributed by atoms with Gasteiger partial charge >= 0.3 is 0 Å². The summed E-state index contributed by atoms with van der Waals surface area (Å²) in [7, 11) is 2.12. The third-order valence-corrected chi connectivity index (χ3v) is 5.15. The van der Waals surface area contributed by atoms with Gasteiger partial charge < -0.3 is 9.64 Å². The lowest BCUT2D eigenvalue weighted by Crippen LogP contribution is -2.54. The molecule has 1 atom stereocenters. The van der Waals surface area contributed by atoms with Gasteiger partial charge in [-0.15, -0.1) is 0 Å². The van der Waals surface area contributed by atoms with Crippen molar-refractivity contribution < 1.29 is 4.74 Å². The molecule has 2 heterocycles. The van der Waals surface area contributed by atoms with E-state index in [-0.39, 0.29) is 0 Å². The van der Waals surface area contributed by atoms with Crippen molar-refractivity contribution in [2.45, 2.75) is 12.1 Å². The summed E-state index contributed by atoms with van der Waals surface area (Å²) in [5, 5.41) is 0. The fourth-order valence-corrected chi connectivity index (χ4v) is 3.80. The van der Waals surface area contributed by atoms with Crippen LogP contribution in [0.4, 0.5) is 0 Å². The van der Waals surface area contributed by atoms with Gasteiger partial charge in [-0.05, 0) is 17.3 Å².